The van der Waals surface area contributed by atoms with Gasteiger partial charge in [0.1, 0.15) is 11.8 Å². The zero-order chi connectivity index (χ0) is 35.9. The Morgan fingerprint density at radius 1 is 0.960 bits per heavy atom. The van der Waals surface area contributed by atoms with Gasteiger partial charge in [0.05, 0.1) is 17.1 Å². The molecule has 8 heteroatoms. The molecule has 7 rings (SSSR count). The summed E-state index contributed by atoms with van der Waals surface area (Å²) in [7, 11) is 0. The van der Waals surface area contributed by atoms with Gasteiger partial charge in [0.15, 0.2) is 0 Å². The molecule has 0 bridgehead atoms. The van der Waals surface area contributed by atoms with Crippen molar-refractivity contribution in [3.8, 4) is 0 Å². The number of aliphatic hydroxyl groups is 1. The molecule has 1 amide bonds. The summed E-state index contributed by atoms with van der Waals surface area (Å²) in [6.45, 7) is 21.0. The van der Waals surface area contributed by atoms with E-state index in [0.29, 0.717) is 55.5 Å². The molecule has 0 spiro atoms. The summed E-state index contributed by atoms with van der Waals surface area (Å²) in [6, 6.07) is 3.47. The van der Waals surface area contributed by atoms with E-state index >= 15 is 0 Å². The van der Waals surface area contributed by atoms with E-state index in [0.717, 1.165) is 58.0 Å². The third-order valence-corrected chi connectivity index (χ3v) is 17.0. The number of halogens is 1. The van der Waals surface area contributed by atoms with Crippen LogP contribution in [0.5, 0.6) is 0 Å². The van der Waals surface area contributed by atoms with Gasteiger partial charge in [0, 0.05) is 38.9 Å². The number of pyridine rings is 1. The third-order valence-electron chi connectivity index (χ3n) is 16.7. The van der Waals surface area contributed by atoms with E-state index in [9.17, 15) is 14.7 Å². The normalized spacial score (nSPS) is 42.7. The monoisotopic (exact) mass is 707 g/mol. The molecule has 5 aliphatic carbocycles. The fourth-order valence-electron chi connectivity index (χ4n) is 13.1. The van der Waals surface area contributed by atoms with Crippen LogP contribution in [0.25, 0.3) is 0 Å². The minimum atomic E-state index is -0.452. The summed E-state index contributed by atoms with van der Waals surface area (Å²) in [5.74, 6) is 2.28. The highest BCUT2D eigenvalue weighted by atomic mass is 35.5. The molecular weight excluding hydrogens is 646 g/mol. The smallest absolute Gasteiger partial charge is 0.312 e. The van der Waals surface area contributed by atoms with Gasteiger partial charge in [-0.2, -0.15) is 0 Å². The number of carbonyl (C=O) groups is 2. The summed E-state index contributed by atoms with van der Waals surface area (Å²) in [4.78, 5) is 35.7. The summed E-state index contributed by atoms with van der Waals surface area (Å²) < 4.78 is 6.31. The molecule has 5 fully saturated rings. The second kappa shape index (κ2) is 12.9. The first-order valence-corrected chi connectivity index (χ1v) is 20.2. The van der Waals surface area contributed by atoms with Crippen molar-refractivity contribution in [1.29, 1.82) is 0 Å². The fraction of sp³-hybridized carbons (Fsp3) is 0.786. The number of nitrogens with zero attached hydrogens (tertiary/aromatic N) is 3. The molecule has 0 unspecified atom stereocenters. The van der Waals surface area contributed by atoms with E-state index in [1.54, 1.807) is 23.9 Å². The average Bonchev–Trinajstić information content (AvgIpc) is 3.08. The van der Waals surface area contributed by atoms with Crippen molar-refractivity contribution in [3.63, 3.8) is 0 Å². The third kappa shape index (κ3) is 5.36. The van der Waals surface area contributed by atoms with Crippen LogP contribution in [0, 0.1) is 56.7 Å². The standard InChI is InChI=1S/C42H62ClN3O4/c1-27-12-17-42(37(49)50-26-25-45-21-23-46(24-22-45)36(48)29-9-8-20-44-35(29)43)19-18-40(6)30(34(42)28(27)2)10-11-32-39(5)15-14-33(47)38(3,4)31(39)13-16-41(32,40)7/h8-10,20,27-28,31-34,47H,11-19,21-26H2,1-7H3/t27-,28+,31+,32-,33+,34+,39+,40-,41-,42+/m1/s1. The lowest BCUT2D eigenvalue weighted by Crippen LogP contribution is -2.65. The van der Waals surface area contributed by atoms with Gasteiger partial charge in [-0.05, 0) is 121 Å². The molecule has 2 heterocycles. The van der Waals surface area contributed by atoms with E-state index in [4.69, 9.17) is 16.3 Å². The Bertz CT molecular complexity index is 1520. The first kappa shape index (κ1) is 36.4. The zero-order valence-electron chi connectivity index (χ0n) is 31.8. The van der Waals surface area contributed by atoms with E-state index in [1.807, 2.05) is 4.90 Å². The number of fused-ring (bicyclic) bond motifs is 7. The summed E-state index contributed by atoms with van der Waals surface area (Å²) >= 11 is 6.19. The van der Waals surface area contributed by atoms with Crippen LogP contribution in [0.15, 0.2) is 30.0 Å². The van der Waals surface area contributed by atoms with Crippen molar-refractivity contribution < 1.29 is 19.4 Å². The topological polar surface area (TPSA) is 83.0 Å². The number of hydrogen-bond acceptors (Lipinski definition) is 6. The maximum Gasteiger partial charge on any atom is 0.312 e. The van der Waals surface area contributed by atoms with Crippen molar-refractivity contribution in [1.82, 2.24) is 14.8 Å². The number of allylic oxidation sites excluding steroid dienone is 2. The van der Waals surface area contributed by atoms with Crippen LogP contribution in [0.2, 0.25) is 5.15 Å². The average molecular weight is 708 g/mol. The highest BCUT2D eigenvalue weighted by Gasteiger charge is 2.69. The molecule has 4 saturated carbocycles. The number of rotatable bonds is 5. The van der Waals surface area contributed by atoms with Gasteiger partial charge in [0.25, 0.3) is 5.91 Å². The fourth-order valence-corrected chi connectivity index (χ4v) is 13.3. The first-order valence-electron chi connectivity index (χ1n) is 19.8. The lowest BCUT2D eigenvalue weighted by Gasteiger charge is -2.71. The number of aliphatic hydroxyl groups excluding tert-OH is 1. The molecule has 0 aromatic carbocycles. The Kier molecular flexibility index (Phi) is 9.37. The molecule has 6 aliphatic rings. The lowest BCUT2D eigenvalue weighted by molar-refractivity contribution is -0.207. The van der Waals surface area contributed by atoms with Gasteiger partial charge in [-0.3, -0.25) is 14.5 Å². The molecule has 1 aliphatic heterocycles. The van der Waals surface area contributed by atoms with E-state index in [1.165, 1.54) is 12.8 Å². The first-order chi connectivity index (χ1) is 23.6. The van der Waals surface area contributed by atoms with Crippen LogP contribution in [-0.2, 0) is 9.53 Å². The van der Waals surface area contributed by atoms with Crippen molar-refractivity contribution in [2.45, 2.75) is 112 Å². The van der Waals surface area contributed by atoms with Crippen molar-refractivity contribution in [2.24, 2.45) is 56.7 Å². The largest absolute Gasteiger partial charge is 0.464 e. The lowest BCUT2D eigenvalue weighted by atomic mass is 9.33. The molecule has 10 atom stereocenters. The molecule has 0 radical (unpaired) electrons. The Labute approximate surface area is 305 Å². The number of carbonyl (C=O) groups excluding carboxylic acids is 2. The van der Waals surface area contributed by atoms with Gasteiger partial charge in [-0.1, -0.05) is 71.7 Å². The van der Waals surface area contributed by atoms with Crippen LogP contribution in [0.4, 0.5) is 0 Å². The van der Waals surface area contributed by atoms with Gasteiger partial charge in [-0.25, -0.2) is 4.98 Å². The molecule has 1 aromatic heterocycles. The molecule has 1 N–H and O–H groups in total. The number of piperazine rings is 1. The Hall–Kier alpha value is -1.96. The predicted octanol–water partition coefficient (Wildman–Crippen LogP) is 8.05. The number of hydrogen-bond donors (Lipinski definition) is 1. The van der Waals surface area contributed by atoms with Crippen molar-refractivity contribution in [2.75, 3.05) is 39.3 Å². The molecule has 1 saturated heterocycles. The number of ether oxygens (including phenoxy) is 1. The number of aromatic nitrogens is 1. The highest BCUT2D eigenvalue weighted by molar-refractivity contribution is 6.32. The second-order valence-electron chi connectivity index (χ2n) is 18.8. The zero-order valence-corrected chi connectivity index (χ0v) is 32.5. The van der Waals surface area contributed by atoms with Gasteiger partial charge < -0.3 is 14.7 Å². The molecule has 50 heavy (non-hydrogen) atoms. The quantitative estimate of drug-likeness (QED) is 0.190. The highest BCUT2D eigenvalue weighted by Crippen LogP contribution is 2.75. The van der Waals surface area contributed by atoms with Crippen LogP contribution < -0.4 is 0 Å². The van der Waals surface area contributed by atoms with Crippen LogP contribution in [0.3, 0.4) is 0 Å². The molecule has 276 valence electrons. The Morgan fingerprint density at radius 2 is 1.70 bits per heavy atom. The molecule has 7 nitrogen and oxygen atoms in total. The Balaban J connectivity index is 1.06. The maximum atomic E-state index is 14.5. The second-order valence-corrected chi connectivity index (χ2v) is 19.1. The van der Waals surface area contributed by atoms with Crippen molar-refractivity contribution >= 4 is 23.5 Å². The summed E-state index contributed by atoms with van der Waals surface area (Å²) in [5, 5.41) is 11.3. The summed E-state index contributed by atoms with van der Waals surface area (Å²) in [5.41, 5.74) is 1.95. The Morgan fingerprint density at radius 3 is 2.42 bits per heavy atom. The van der Waals surface area contributed by atoms with Crippen LogP contribution in [-0.4, -0.2) is 77.2 Å². The predicted molar refractivity (Wildman–Crippen MR) is 198 cm³/mol. The SMILES string of the molecule is C[C@H]1[C@H](C)CC[C@]2(C(=O)OCCN3CCN(C(=O)c4cccnc4Cl)CC3)CC[C@]3(C)C(=CC[C@@H]4[C@@]5(C)CC[C@H](O)C(C)(C)[C@@H]5CC[C@]43C)[C@H]12. The molecular formula is C42H62ClN3O4. The van der Waals surface area contributed by atoms with Gasteiger partial charge >= 0.3 is 5.97 Å². The van der Waals surface area contributed by atoms with Crippen LogP contribution >= 0.6 is 11.6 Å². The van der Waals surface area contributed by atoms with E-state index in [2.05, 4.69) is 64.4 Å². The van der Waals surface area contributed by atoms with Gasteiger partial charge in [-0.15, -0.1) is 0 Å². The number of esters is 1. The summed E-state index contributed by atoms with van der Waals surface area (Å²) in [6.07, 6.45) is 13.4. The van der Waals surface area contributed by atoms with E-state index < -0.39 is 5.41 Å². The number of amides is 1. The van der Waals surface area contributed by atoms with Crippen molar-refractivity contribution in [3.05, 3.63) is 40.7 Å². The van der Waals surface area contributed by atoms with E-state index in [-0.39, 0.29) is 50.7 Å². The maximum absolute atomic E-state index is 14.5. The minimum absolute atomic E-state index is 0.0233. The molecule has 1 aromatic rings. The minimum Gasteiger partial charge on any atom is -0.464 e. The van der Waals surface area contributed by atoms with Crippen LogP contribution in [0.1, 0.15) is 117 Å². The van der Waals surface area contributed by atoms with Gasteiger partial charge in [0.2, 0.25) is 0 Å².